The van der Waals surface area contributed by atoms with E-state index >= 15 is 0 Å². The Kier molecular flexibility index (Phi) is 4.61. The molecule has 0 radical (unpaired) electrons. The molecule has 1 aromatic carbocycles. The number of rotatable bonds is 4. The lowest BCUT2D eigenvalue weighted by molar-refractivity contribution is -0.141. The minimum atomic E-state index is -0.178. The molecule has 0 fully saturated rings. The molecule has 0 aromatic heterocycles. The lowest BCUT2D eigenvalue weighted by atomic mass is 10.1. The van der Waals surface area contributed by atoms with Crippen molar-refractivity contribution in [2.24, 2.45) is 0 Å². The Morgan fingerprint density at radius 2 is 2.13 bits per heavy atom. The van der Waals surface area contributed by atoms with Gasteiger partial charge in [-0.15, -0.1) is 0 Å². The van der Waals surface area contributed by atoms with E-state index in [1.54, 1.807) is 0 Å². The molecule has 0 aliphatic carbocycles. The molecule has 0 saturated carbocycles. The molecule has 0 amide bonds. The minimum absolute atomic E-state index is 0.178. The molecular weight excluding hydrogens is 188 g/mol. The van der Waals surface area contributed by atoms with Crippen LogP contribution in [0.15, 0.2) is 36.4 Å². The number of benzene rings is 1. The van der Waals surface area contributed by atoms with Gasteiger partial charge in [-0.1, -0.05) is 36.4 Å². The molecule has 1 aromatic rings. The summed E-state index contributed by atoms with van der Waals surface area (Å²) in [4.78, 5) is 11.4. The molecule has 2 heteroatoms. The summed E-state index contributed by atoms with van der Waals surface area (Å²) in [5.41, 5.74) is 2.16. The van der Waals surface area contributed by atoms with Crippen LogP contribution in [0.5, 0.6) is 0 Å². The number of carbonyl (C=O) groups excluding carboxylic acids is 1. The molecule has 80 valence electrons. The third-order valence-electron chi connectivity index (χ3n) is 2.17. The Bertz CT molecular complexity index is 353. The summed E-state index contributed by atoms with van der Waals surface area (Å²) >= 11 is 0. The molecule has 0 N–H and O–H groups in total. The summed E-state index contributed by atoms with van der Waals surface area (Å²) in [6.07, 6.45) is 4.03. The number of allylic oxidation sites excluding steroid dienone is 1. The zero-order valence-electron chi connectivity index (χ0n) is 9.19. The molecule has 0 atom stereocenters. The van der Waals surface area contributed by atoms with Crippen molar-refractivity contribution in [2.75, 3.05) is 6.61 Å². The van der Waals surface area contributed by atoms with Crippen LogP contribution < -0.4 is 0 Å². The summed E-state index contributed by atoms with van der Waals surface area (Å²) in [7, 11) is 0. The van der Waals surface area contributed by atoms with Crippen LogP contribution in [-0.4, -0.2) is 12.6 Å². The fourth-order valence-electron chi connectivity index (χ4n) is 1.25. The molecule has 2 nitrogen and oxygen atoms in total. The van der Waals surface area contributed by atoms with Crippen LogP contribution in [0.1, 0.15) is 18.1 Å². The van der Waals surface area contributed by atoms with Crippen molar-refractivity contribution < 1.29 is 9.53 Å². The summed E-state index contributed by atoms with van der Waals surface area (Å²) < 4.78 is 5.02. The van der Waals surface area contributed by atoms with Crippen LogP contribution in [-0.2, 0) is 16.0 Å². The predicted octanol–water partition coefficient (Wildman–Crippen LogP) is 2.66. The highest BCUT2D eigenvalue weighted by Gasteiger charge is 2.05. The van der Waals surface area contributed by atoms with Crippen LogP contribution in [0.25, 0.3) is 0 Å². The number of carbonyl (C=O) groups is 1. The maximum absolute atomic E-state index is 11.4. The van der Waals surface area contributed by atoms with Crippen molar-refractivity contribution in [2.45, 2.75) is 20.3 Å². The van der Waals surface area contributed by atoms with Gasteiger partial charge in [0.15, 0.2) is 0 Å². The maximum Gasteiger partial charge on any atom is 0.310 e. The zero-order valence-corrected chi connectivity index (χ0v) is 9.19. The van der Waals surface area contributed by atoms with Gasteiger partial charge in [0.25, 0.3) is 0 Å². The lowest BCUT2D eigenvalue weighted by Gasteiger charge is -2.04. The molecule has 0 spiro atoms. The van der Waals surface area contributed by atoms with Gasteiger partial charge in [0.2, 0.25) is 0 Å². The smallest absolute Gasteiger partial charge is 0.310 e. The average molecular weight is 204 g/mol. The fraction of sp³-hybridized carbons (Fsp3) is 0.308. The average Bonchev–Trinajstić information content (AvgIpc) is 2.22. The van der Waals surface area contributed by atoms with Gasteiger partial charge in [-0.2, -0.15) is 0 Å². The Morgan fingerprint density at radius 1 is 1.40 bits per heavy atom. The topological polar surface area (TPSA) is 26.3 Å². The Balaban J connectivity index is 2.48. The number of esters is 1. The van der Waals surface area contributed by atoms with Gasteiger partial charge >= 0.3 is 5.97 Å². The van der Waals surface area contributed by atoms with E-state index in [0.29, 0.717) is 13.0 Å². The number of ether oxygens (including phenoxy) is 1. The third-order valence-corrected chi connectivity index (χ3v) is 2.17. The van der Waals surface area contributed by atoms with Gasteiger partial charge in [-0.25, -0.2) is 0 Å². The molecule has 0 aliphatic heterocycles. The van der Waals surface area contributed by atoms with Crippen molar-refractivity contribution in [3.05, 3.63) is 47.5 Å². The normalized spacial score (nSPS) is 10.5. The molecule has 15 heavy (non-hydrogen) atoms. The molecule has 0 bridgehead atoms. The molecule has 0 saturated heterocycles. The van der Waals surface area contributed by atoms with E-state index < -0.39 is 0 Å². The second-order valence-corrected chi connectivity index (χ2v) is 3.36. The van der Waals surface area contributed by atoms with Crippen LogP contribution in [0.2, 0.25) is 0 Å². The third kappa shape index (κ3) is 3.98. The van der Waals surface area contributed by atoms with E-state index in [-0.39, 0.29) is 5.97 Å². The first-order valence-electron chi connectivity index (χ1n) is 5.05. The van der Waals surface area contributed by atoms with Gasteiger partial charge in [-0.05, 0) is 25.0 Å². The minimum Gasteiger partial charge on any atom is -0.461 e. The fourth-order valence-corrected chi connectivity index (χ4v) is 1.25. The van der Waals surface area contributed by atoms with E-state index in [1.165, 1.54) is 0 Å². The predicted molar refractivity (Wildman–Crippen MR) is 60.7 cm³/mol. The van der Waals surface area contributed by atoms with Crippen LogP contribution in [0.3, 0.4) is 0 Å². The van der Waals surface area contributed by atoms with E-state index in [4.69, 9.17) is 4.74 Å². The van der Waals surface area contributed by atoms with Crippen molar-refractivity contribution in [1.29, 1.82) is 0 Å². The van der Waals surface area contributed by atoms with Gasteiger partial charge in [0, 0.05) is 0 Å². The van der Waals surface area contributed by atoms with E-state index in [0.717, 1.165) is 11.1 Å². The summed E-state index contributed by atoms with van der Waals surface area (Å²) in [5.74, 6) is -0.178. The van der Waals surface area contributed by atoms with Gasteiger partial charge in [0.05, 0.1) is 6.42 Å². The quantitative estimate of drug-likeness (QED) is 0.556. The van der Waals surface area contributed by atoms with Crippen LogP contribution in [0, 0.1) is 6.92 Å². The largest absolute Gasteiger partial charge is 0.461 e. The summed E-state index contributed by atoms with van der Waals surface area (Å²) in [5, 5.41) is 0. The molecular formula is C13H16O2. The maximum atomic E-state index is 11.4. The lowest BCUT2D eigenvalue weighted by Crippen LogP contribution is -2.08. The van der Waals surface area contributed by atoms with E-state index in [1.807, 2.05) is 50.3 Å². The van der Waals surface area contributed by atoms with Crippen molar-refractivity contribution in [3.63, 3.8) is 0 Å². The highest BCUT2D eigenvalue weighted by atomic mass is 16.5. The van der Waals surface area contributed by atoms with Crippen LogP contribution >= 0.6 is 0 Å². The van der Waals surface area contributed by atoms with E-state index in [9.17, 15) is 4.79 Å². The number of aryl methyl sites for hydroxylation is 1. The van der Waals surface area contributed by atoms with Gasteiger partial charge in [0.1, 0.15) is 6.61 Å². The molecule has 0 unspecified atom stereocenters. The first-order chi connectivity index (χ1) is 7.24. The Morgan fingerprint density at radius 3 is 2.80 bits per heavy atom. The van der Waals surface area contributed by atoms with E-state index in [2.05, 4.69) is 0 Å². The molecule has 1 rings (SSSR count). The molecule has 0 aliphatic rings. The first-order valence-corrected chi connectivity index (χ1v) is 5.05. The zero-order chi connectivity index (χ0) is 11.1. The SMILES string of the molecule is C/C=C/COC(=O)Cc1ccccc1C. The van der Waals surface area contributed by atoms with Crippen molar-refractivity contribution in [3.8, 4) is 0 Å². The second kappa shape index (κ2) is 6.02. The highest BCUT2D eigenvalue weighted by Crippen LogP contribution is 2.08. The van der Waals surface area contributed by atoms with Crippen LogP contribution in [0.4, 0.5) is 0 Å². The van der Waals surface area contributed by atoms with Gasteiger partial charge in [-0.3, -0.25) is 4.79 Å². The molecule has 0 heterocycles. The first kappa shape index (κ1) is 11.5. The standard InChI is InChI=1S/C13H16O2/c1-3-4-9-15-13(14)10-12-8-6-5-7-11(12)2/h3-8H,9-10H2,1-2H3/b4-3+. The number of hydrogen-bond donors (Lipinski definition) is 0. The summed E-state index contributed by atoms with van der Waals surface area (Å²) in [6, 6.07) is 7.84. The van der Waals surface area contributed by atoms with Crippen molar-refractivity contribution in [1.82, 2.24) is 0 Å². The number of hydrogen-bond acceptors (Lipinski definition) is 2. The second-order valence-electron chi connectivity index (χ2n) is 3.36. The summed E-state index contributed by atoms with van der Waals surface area (Å²) in [6.45, 7) is 4.25. The Labute approximate surface area is 90.6 Å². The van der Waals surface area contributed by atoms with Gasteiger partial charge < -0.3 is 4.74 Å². The highest BCUT2D eigenvalue weighted by molar-refractivity contribution is 5.73. The Hall–Kier alpha value is -1.57. The van der Waals surface area contributed by atoms with Crippen molar-refractivity contribution >= 4 is 5.97 Å². The monoisotopic (exact) mass is 204 g/mol.